The van der Waals surface area contributed by atoms with Crippen LogP contribution in [-0.2, 0) is 6.61 Å². The summed E-state index contributed by atoms with van der Waals surface area (Å²) in [6.45, 7) is 0.239. The molecule has 186 valence electrons. The van der Waals surface area contributed by atoms with Crippen molar-refractivity contribution in [1.29, 1.82) is 0 Å². The fourth-order valence-corrected chi connectivity index (χ4v) is 5.61. The number of aromatic nitrogens is 4. The van der Waals surface area contributed by atoms with Gasteiger partial charge in [0, 0.05) is 22.3 Å². The highest BCUT2D eigenvalue weighted by Gasteiger charge is 2.34. The first-order valence-corrected chi connectivity index (χ1v) is 12.9. The summed E-state index contributed by atoms with van der Waals surface area (Å²) in [5.74, 6) is 2.66. The highest BCUT2D eigenvalue weighted by atomic mass is 16.5. The normalized spacial score (nSPS) is 14.2. The molecule has 1 aliphatic heterocycles. The van der Waals surface area contributed by atoms with Crippen LogP contribution in [0, 0.1) is 0 Å². The maximum absolute atomic E-state index is 6.51. The maximum Gasteiger partial charge on any atom is 0.228 e. The molecule has 3 heterocycles. The van der Waals surface area contributed by atoms with Crippen LogP contribution in [0.25, 0.3) is 27.2 Å². The second-order valence-corrected chi connectivity index (χ2v) is 9.68. The van der Waals surface area contributed by atoms with Crippen molar-refractivity contribution in [2.75, 3.05) is 0 Å². The number of fused-ring (bicyclic) bond motifs is 7. The minimum atomic E-state index is -0.109. The largest absolute Gasteiger partial charge is 0.485 e. The van der Waals surface area contributed by atoms with Crippen LogP contribution in [0.3, 0.4) is 0 Å². The first kappa shape index (κ1) is 21.8. The van der Waals surface area contributed by atoms with Gasteiger partial charge >= 0.3 is 0 Å². The quantitative estimate of drug-likeness (QED) is 0.251. The van der Waals surface area contributed by atoms with Gasteiger partial charge in [-0.25, -0.2) is 14.5 Å². The third-order valence-electron chi connectivity index (χ3n) is 7.38. The van der Waals surface area contributed by atoms with E-state index in [0.717, 1.165) is 49.7 Å². The molecule has 39 heavy (non-hydrogen) atoms. The average molecular weight is 507 g/mol. The van der Waals surface area contributed by atoms with Crippen LogP contribution >= 0.6 is 0 Å². The van der Waals surface area contributed by atoms with Gasteiger partial charge in [-0.2, -0.15) is 0 Å². The molecule has 1 aliphatic rings. The average Bonchev–Trinajstić information content (AvgIpc) is 3.43. The predicted octanol–water partition coefficient (Wildman–Crippen LogP) is 7.30. The molecule has 0 aliphatic carbocycles. The van der Waals surface area contributed by atoms with E-state index >= 15 is 0 Å². The van der Waals surface area contributed by atoms with Crippen LogP contribution in [0.1, 0.15) is 28.4 Å². The summed E-state index contributed by atoms with van der Waals surface area (Å²) < 4.78 is 14.4. The van der Waals surface area contributed by atoms with E-state index in [1.807, 2.05) is 42.5 Å². The van der Waals surface area contributed by atoms with Gasteiger partial charge in [0.05, 0.1) is 5.56 Å². The number of ether oxygens (including phenoxy) is 2. The van der Waals surface area contributed by atoms with Crippen molar-refractivity contribution in [2.24, 2.45) is 0 Å². The fourth-order valence-electron chi connectivity index (χ4n) is 5.61. The number of hydrogen-bond donors (Lipinski definition) is 0. The lowest BCUT2D eigenvalue weighted by Crippen LogP contribution is -2.15. The minimum Gasteiger partial charge on any atom is -0.485 e. The molecule has 7 aromatic rings. The zero-order chi connectivity index (χ0) is 25.8. The lowest BCUT2D eigenvalue weighted by molar-refractivity contribution is 0.299. The van der Waals surface area contributed by atoms with Crippen LogP contribution in [0.2, 0.25) is 0 Å². The monoisotopic (exact) mass is 506 g/mol. The number of nitrogens with zero attached hydrogens (tertiary/aromatic N) is 4. The van der Waals surface area contributed by atoms with E-state index < -0.39 is 0 Å². The first-order valence-electron chi connectivity index (χ1n) is 12.9. The van der Waals surface area contributed by atoms with Gasteiger partial charge in [0.1, 0.15) is 24.4 Å². The van der Waals surface area contributed by atoms with E-state index in [0.29, 0.717) is 17.4 Å². The molecule has 0 fully saturated rings. The fraction of sp³-hybridized carbons (Fsp3) is 0.0606. The first-order chi connectivity index (χ1) is 19.3. The third kappa shape index (κ3) is 3.53. The van der Waals surface area contributed by atoms with Gasteiger partial charge in [-0.3, -0.25) is 0 Å². The Balaban J connectivity index is 1.25. The van der Waals surface area contributed by atoms with Crippen LogP contribution in [0.15, 0.2) is 116 Å². The Morgan fingerprint density at radius 2 is 1.49 bits per heavy atom. The van der Waals surface area contributed by atoms with Crippen molar-refractivity contribution < 1.29 is 9.47 Å². The summed E-state index contributed by atoms with van der Waals surface area (Å²) in [6.07, 6.45) is 1.67. The maximum atomic E-state index is 6.51. The molecule has 5 aromatic carbocycles. The molecule has 0 spiro atoms. The molecule has 6 nitrogen and oxygen atoms in total. The topological polar surface area (TPSA) is 61.5 Å². The van der Waals surface area contributed by atoms with E-state index in [9.17, 15) is 0 Å². The summed E-state index contributed by atoms with van der Waals surface area (Å²) in [7, 11) is 0. The van der Waals surface area contributed by atoms with E-state index in [2.05, 4.69) is 66.7 Å². The van der Waals surface area contributed by atoms with E-state index in [-0.39, 0.29) is 12.5 Å². The molecule has 1 atom stereocenters. The summed E-state index contributed by atoms with van der Waals surface area (Å²) in [5, 5.41) is 9.09. The van der Waals surface area contributed by atoms with Crippen molar-refractivity contribution in [2.45, 2.75) is 12.5 Å². The number of benzene rings is 5. The Hall–Kier alpha value is -5.23. The summed E-state index contributed by atoms with van der Waals surface area (Å²) >= 11 is 0. The lowest BCUT2D eigenvalue weighted by atomic mass is 9.83. The van der Waals surface area contributed by atoms with Crippen molar-refractivity contribution >= 4 is 27.2 Å². The SMILES string of the molecule is c1ccc(C2c3ccc4ccccc4c3Oc3ncn4nc(COc5cccc6ccccc56)nc4c32)cc1. The van der Waals surface area contributed by atoms with Crippen LogP contribution in [-0.4, -0.2) is 19.6 Å². The molecule has 8 rings (SSSR count). The van der Waals surface area contributed by atoms with Crippen LogP contribution in [0.5, 0.6) is 17.4 Å². The standard InChI is InChI=1S/C33H22N4O2/c1-2-11-23(12-3-1)29-26-18-17-22-10-5-7-15-25(22)31(26)39-33-30(29)32-35-28(36-37(32)20-34-33)19-38-27-16-8-13-21-9-4-6-14-24(21)27/h1-18,20,29H,19H2. The van der Waals surface area contributed by atoms with E-state index in [1.165, 1.54) is 0 Å². The van der Waals surface area contributed by atoms with Gasteiger partial charge in [-0.05, 0) is 22.4 Å². The predicted molar refractivity (Wildman–Crippen MR) is 150 cm³/mol. The van der Waals surface area contributed by atoms with Gasteiger partial charge < -0.3 is 9.47 Å². The van der Waals surface area contributed by atoms with E-state index in [1.54, 1.807) is 10.8 Å². The number of hydrogen-bond acceptors (Lipinski definition) is 5. The number of rotatable bonds is 4. The van der Waals surface area contributed by atoms with Crippen molar-refractivity contribution in [3.8, 4) is 17.4 Å². The molecular weight excluding hydrogens is 484 g/mol. The van der Waals surface area contributed by atoms with Crippen LogP contribution < -0.4 is 9.47 Å². The Bertz CT molecular complexity index is 2010. The van der Waals surface area contributed by atoms with Gasteiger partial charge in [-0.1, -0.05) is 103 Å². The van der Waals surface area contributed by atoms with Crippen molar-refractivity contribution in [3.05, 3.63) is 138 Å². The zero-order valence-electron chi connectivity index (χ0n) is 20.9. The summed E-state index contributed by atoms with van der Waals surface area (Å²) in [5.41, 5.74) is 3.84. The second kappa shape index (κ2) is 8.67. The highest BCUT2D eigenvalue weighted by Crippen LogP contribution is 2.50. The van der Waals surface area contributed by atoms with Crippen molar-refractivity contribution in [1.82, 2.24) is 19.6 Å². The molecule has 0 saturated carbocycles. The van der Waals surface area contributed by atoms with E-state index in [4.69, 9.17) is 24.5 Å². The molecule has 0 bridgehead atoms. The Labute approximate surface area is 224 Å². The molecule has 0 radical (unpaired) electrons. The molecule has 0 N–H and O–H groups in total. The van der Waals surface area contributed by atoms with Gasteiger partial charge in [0.2, 0.25) is 5.88 Å². The highest BCUT2D eigenvalue weighted by molar-refractivity contribution is 5.91. The zero-order valence-corrected chi connectivity index (χ0v) is 20.9. The smallest absolute Gasteiger partial charge is 0.228 e. The molecule has 2 aromatic heterocycles. The molecule has 6 heteroatoms. The van der Waals surface area contributed by atoms with Gasteiger partial charge in [0.15, 0.2) is 11.5 Å². The van der Waals surface area contributed by atoms with Gasteiger partial charge in [-0.15, -0.1) is 5.10 Å². The minimum absolute atomic E-state index is 0.109. The Morgan fingerprint density at radius 1 is 0.744 bits per heavy atom. The Kier molecular flexibility index (Phi) is 4.85. The molecule has 0 saturated heterocycles. The summed E-state index contributed by atoms with van der Waals surface area (Å²) in [4.78, 5) is 9.64. The molecule has 0 amide bonds. The lowest BCUT2D eigenvalue weighted by Gasteiger charge is -2.28. The summed E-state index contributed by atoms with van der Waals surface area (Å²) in [6, 6.07) is 37.3. The molecular formula is C33H22N4O2. The third-order valence-corrected chi connectivity index (χ3v) is 7.38. The van der Waals surface area contributed by atoms with Crippen LogP contribution in [0.4, 0.5) is 0 Å². The Morgan fingerprint density at radius 3 is 2.36 bits per heavy atom. The van der Waals surface area contributed by atoms with Gasteiger partial charge in [0.25, 0.3) is 0 Å². The van der Waals surface area contributed by atoms with Crippen molar-refractivity contribution in [3.63, 3.8) is 0 Å². The second-order valence-electron chi connectivity index (χ2n) is 9.68. The molecule has 1 unspecified atom stereocenters.